The molecule has 0 bridgehead atoms. The van der Waals surface area contributed by atoms with E-state index in [-0.39, 0.29) is 0 Å². The van der Waals surface area contributed by atoms with Gasteiger partial charge in [0.05, 0.1) is 6.26 Å². The molecule has 1 aromatic heterocycles. The lowest BCUT2D eigenvalue weighted by molar-refractivity contribution is 0.503. The predicted octanol–water partition coefficient (Wildman–Crippen LogP) is 2.96. The normalized spacial score (nSPS) is 13.3. The molecule has 1 rings (SSSR count). The zero-order valence-corrected chi connectivity index (χ0v) is 7.86. The van der Waals surface area contributed by atoms with Crippen molar-refractivity contribution in [2.45, 2.75) is 25.0 Å². The van der Waals surface area contributed by atoms with Crippen LogP contribution in [0.5, 0.6) is 0 Å². The van der Waals surface area contributed by atoms with Crippen LogP contribution in [0.2, 0.25) is 0 Å². The molecule has 0 amide bonds. The third-order valence-electron chi connectivity index (χ3n) is 1.80. The summed E-state index contributed by atoms with van der Waals surface area (Å²) < 4.78 is 5.25. The lowest BCUT2D eigenvalue weighted by Gasteiger charge is -2.08. The smallest absolute Gasteiger partial charge is 0.104 e. The average Bonchev–Trinajstić information content (AvgIpc) is 2.52. The highest BCUT2D eigenvalue weighted by Gasteiger charge is 2.06. The Labute approximate surface area is 72.2 Å². The van der Waals surface area contributed by atoms with E-state index in [0.29, 0.717) is 5.25 Å². The van der Waals surface area contributed by atoms with Crippen LogP contribution in [0.1, 0.15) is 19.1 Å². The molecule has 1 aromatic rings. The first-order valence-corrected chi connectivity index (χ1v) is 5.20. The first-order valence-electron chi connectivity index (χ1n) is 3.92. The first-order chi connectivity index (χ1) is 5.36. The summed E-state index contributed by atoms with van der Waals surface area (Å²) in [5.41, 5.74) is 0. The fourth-order valence-electron chi connectivity index (χ4n) is 1.05. The van der Waals surface area contributed by atoms with Gasteiger partial charge in [0.2, 0.25) is 0 Å². The maximum atomic E-state index is 5.25. The van der Waals surface area contributed by atoms with Crippen molar-refractivity contribution in [2.24, 2.45) is 0 Å². The van der Waals surface area contributed by atoms with Gasteiger partial charge in [-0.3, -0.25) is 0 Å². The summed E-state index contributed by atoms with van der Waals surface area (Å²) in [6, 6.07) is 3.99. The van der Waals surface area contributed by atoms with Crippen LogP contribution in [0.25, 0.3) is 0 Å². The number of furan rings is 1. The van der Waals surface area contributed by atoms with Crippen LogP contribution < -0.4 is 0 Å². The minimum Gasteiger partial charge on any atom is -0.469 e. The van der Waals surface area contributed by atoms with Crippen molar-refractivity contribution < 1.29 is 4.42 Å². The summed E-state index contributed by atoms with van der Waals surface area (Å²) in [5, 5.41) is 0.709. The molecule has 2 heteroatoms. The van der Waals surface area contributed by atoms with E-state index in [1.54, 1.807) is 6.26 Å². The van der Waals surface area contributed by atoms with Crippen molar-refractivity contribution in [3.05, 3.63) is 24.2 Å². The van der Waals surface area contributed by atoms with E-state index in [1.807, 2.05) is 23.9 Å². The third kappa shape index (κ3) is 2.62. The molecule has 0 aliphatic carbocycles. The van der Waals surface area contributed by atoms with Crippen LogP contribution in [0.4, 0.5) is 0 Å². The summed E-state index contributed by atoms with van der Waals surface area (Å²) in [7, 11) is 0. The first kappa shape index (κ1) is 8.72. The third-order valence-corrected chi connectivity index (χ3v) is 2.96. The highest BCUT2D eigenvalue weighted by Crippen LogP contribution is 2.16. The molecule has 0 saturated heterocycles. The highest BCUT2D eigenvalue weighted by atomic mass is 32.2. The molecule has 0 aliphatic heterocycles. The van der Waals surface area contributed by atoms with E-state index >= 15 is 0 Å². The van der Waals surface area contributed by atoms with Crippen molar-refractivity contribution >= 4 is 11.8 Å². The van der Waals surface area contributed by atoms with Crippen LogP contribution in [0.3, 0.4) is 0 Å². The van der Waals surface area contributed by atoms with Gasteiger partial charge in [-0.25, -0.2) is 0 Å². The van der Waals surface area contributed by atoms with E-state index in [1.165, 1.54) is 6.42 Å². The van der Waals surface area contributed by atoms with E-state index < -0.39 is 0 Å². The van der Waals surface area contributed by atoms with Crippen LogP contribution in [-0.2, 0) is 6.42 Å². The number of hydrogen-bond donors (Lipinski definition) is 0. The summed E-state index contributed by atoms with van der Waals surface area (Å²) >= 11 is 1.91. The molecule has 62 valence electrons. The molecule has 0 radical (unpaired) electrons. The molecule has 0 N–H and O–H groups in total. The predicted molar refractivity (Wildman–Crippen MR) is 50.0 cm³/mol. The Hall–Kier alpha value is -0.370. The van der Waals surface area contributed by atoms with Gasteiger partial charge in [-0.1, -0.05) is 6.92 Å². The van der Waals surface area contributed by atoms with Crippen molar-refractivity contribution in [1.82, 2.24) is 0 Å². The molecule has 0 fully saturated rings. The number of hydrogen-bond acceptors (Lipinski definition) is 2. The van der Waals surface area contributed by atoms with Crippen molar-refractivity contribution in [3.8, 4) is 0 Å². The maximum Gasteiger partial charge on any atom is 0.104 e. The molecule has 1 heterocycles. The molecule has 0 spiro atoms. The van der Waals surface area contributed by atoms with E-state index in [4.69, 9.17) is 4.42 Å². The van der Waals surface area contributed by atoms with Gasteiger partial charge in [0.25, 0.3) is 0 Å². The summed E-state index contributed by atoms with van der Waals surface area (Å²) in [6.07, 6.45) is 6.16. The van der Waals surface area contributed by atoms with Crippen LogP contribution in [0, 0.1) is 0 Å². The van der Waals surface area contributed by atoms with Crippen LogP contribution in [-0.4, -0.2) is 11.5 Å². The number of thioether (sulfide) groups is 1. The van der Waals surface area contributed by atoms with Crippen LogP contribution in [0.15, 0.2) is 22.8 Å². The Morgan fingerprint density at radius 1 is 1.64 bits per heavy atom. The molecule has 1 atom stereocenters. The largest absolute Gasteiger partial charge is 0.469 e. The monoisotopic (exact) mass is 170 g/mol. The fourth-order valence-corrected chi connectivity index (χ4v) is 1.71. The molecule has 0 aromatic carbocycles. The zero-order chi connectivity index (χ0) is 8.10. The Morgan fingerprint density at radius 3 is 2.91 bits per heavy atom. The quantitative estimate of drug-likeness (QED) is 0.689. The Morgan fingerprint density at radius 2 is 2.45 bits per heavy atom. The second-order valence-electron chi connectivity index (χ2n) is 2.55. The fraction of sp³-hybridized carbons (Fsp3) is 0.556. The van der Waals surface area contributed by atoms with Gasteiger partial charge < -0.3 is 4.42 Å². The van der Waals surface area contributed by atoms with Gasteiger partial charge in [-0.15, -0.1) is 0 Å². The molecule has 1 nitrogen and oxygen atoms in total. The lowest BCUT2D eigenvalue weighted by atomic mass is 10.2. The second-order valence-corrected chi connectivity index (χ2v) is 3.69. The summed E-state index contributed by atoms with van der Waals surface area (Å²) in [6.45, 7) is 2.21. The highest BCUT2D eigenvalue weighted by molar-refractivity contribution is 7.99. The minimum absolute atomic E-state index is 0.709. The summed E-state index contributed by atoms with van der Waals surface area (Å²) in [5.74, 6) is 1.10. The molecule has 1 unspecified atom stereocenters. The van der Waals surface area contributed by atoms with Crippen molar-refractivity contribution in [3.63, 3.8) is 0 Å². The number of rotatable bonds is 4. The van der Waals surface area contributed by atoms with Gasteiger partial charge in [-0.2, -0.15) is 11.8 Å². The van der Waals surface area contributed by atoms with E-state index in [2.05, 4.69) is 13.2 Å². The summed E-state index contributed by atoms with van der Waals surface area (Å²) in [4.78, 5) is 0. The molecule has 0 aliphatic rings. The lowest BCUT2D eigenvalue weighted by Crippen LogP contribution is -2.03. The van der Waals surface area contributed by atoms with E-state index in [9.17, 15) is 0 Å². The van der Waals surface area contributed by atoms with Gasteiger partial charge in [0, 0.05) is 11.7 Å². The van der Waals surface area contributed by atoms with Gasteiger partial charge in [0.1, 0.15) is 5.76 Å². The Balaban J connectivity index is 2.41. The van der Waals surface area contributed by atoms with Gasteiger partial charge in [-0.05, 0) is 24.8 Å². The Kier molecular flexibility index (Phi) is 3.57. The minimum atomic E-state index is 0.709. The topological polar surface area (TPSA) is 13.1 Å². The molecular weight excluding hydrogens is 156 g/mol. The second kappa shape index (κ2) is 4.50. The van der Waals surface area contributed by atoms with Crippen LogP contribution >= 0.6 is 11.8 Å². The SMILES string of the molecule is CCC(Cc1ccco1)SC. The average molecular weight is 170 g/mol. The van der Waals surface area contributed by atoms with E-state index in [0.717, 1.165) is 12.2 Å². The zero-order valence-electron chi connectivity index (χ0n) is 7.04. The van der Waals surface area contributed by atoms with Gasteiger partial charge in [0.15, 0.2) is 0 Å². The molecule has 0 saturated carbocycles. The van der Waals surface area contributed by atoms with Crippen molar-refractivity contribution in [2.75, 3.05) is 6.26 Å². The van der Waals surface area contributed by atoms with Gasteiger partial charge >= 0.3 is 0 Å². The van der Waals surface area contributed by atoms with Crippen molar-refractivity contribution in [1.29, 1.82) is 0 Å². The Bertz CT molecular complexity index is 177. The maximum absolute atomic E-state index is 5.25. The molecule has 11 heavy (non-hydrogen) atoms. The standard InChI is InChI=1S/C9H14OS/c1-3-9(11-2)7-8-5-4-6-10-8/h4-6,9H,3,7H2,1-2H3. The molecular formula is C9H14OS.